The lowest BCUT2D eigenvalue weighted by Gasteiger charge is -2.06. The van der Waals surface area contributed by atoms with Gasteiger partial charge in [0.2, 0.25) is 0 Å². The summed E-state index contributed by atoms with van der Waals surface area (Å²) in [5.74, 6) is 0. The Hall–Kier alpha value is -2.00. The second kappa shape index (κ2) is 18.3. The van der Waals surface area contributed by atoms with E-state index in [4.69, 9.17) is 9.11 Å². The molecule has 0 saturated carbocycles. The van der Waals surface area contributed by atoms with E-state index in [1.54, 1.807) is 36.4 Å². The van der Waals surface area contributed by atoms with Crippen LogP contribution in [0.2, 0.25) is 0 Å². The van der Waals surface area contributed by atoms with E-state index in [1.165, 1.54) is 63.1 Å². The SMILES string of the molecule is C=CCCCC.CCCCCCCCc1ccccc1S(=O)(=O)O.O=S(=O)(O)c1ccccc1. The molecular formula is C26H40O6S2. The van der Waals surface area contributed by atoms with Gasteiger partial charge in [-0.05, 0) is 43.0 Å². The van der Waals surface area contributed by atoms with Crippen molar-refractivity contribution in [3.63, 3.8) is 0 Å². The number of unbranched alkanes of at least 4 members (excludes halogenated alkanes) is 7. The number of hydrogen-bond acceptors (Lipinski definition) is 4. The average molecular weight is 513 g/mol. The molecule has 0 heterocycles. The topological polar surface area (TPSA) is 109 Å². The molecule has 2 aromatic carbocycles. The van der Waals surface area contributed by atoms with E-state index in [0.717, 1.165) is 18.4 Å². The van der Waals surface area contributed by atoms with Gasteiger partial charge in [-0.2, -0.15) is 16.8 Å². The van der Waals surface area contributed by atoms with E-state index in [0.29, 0.717) is 6.42 Å². The van der Waals surface area contributed by atoms with Crippen molar-refractivity contribution < 1.29 is 25.9 Å². The molecule has 0 spiro atoms. The predicted molar refractivity (Wildman–Crippen MR) is 139 cm³/mol. The Bertz CT molecular complexity index is 1000. The van der Waals surface area contributed by atoms with Crippen LogP contribution in [0.4, 0.5) is 0 Å². The second-order valence-corrected chi connectivity index (χ2v) is 10.6. The third-order valence-electron chi connectivity index (χ3n) is 4.85. The maximum absolute atomic E-state index is 11.2. The molecule has 6 nitrogen and oxygen atoms in total. The minimum Gasteiger partial charge on any atom is -0.282 e. The van der Waals surface area contributed by atoms with Crippen molar-refractivity contribution in [3.05, 3.63) is 72.8 Å². The van der Waals surface area contributed by atoms with Crippen LogP contribution < -0.4 is 0 Å². The molecular weight excluding hydrogens is 472 g/mol. The summed E-state index contributed by atoms with van der Waals surface area (Å²) in [5, 5.41) is 0. The first-order chi connectivity index (χ1) is 16.1. The lowest BCUT2D eigenvalue weighted by Crippen LogP contribution is -2.03. The zero-order valence-electron chi connectivity index (χ0n) is 20.4. The highest BCUT2D eigenvalue weighted by molar-refractivity contribution is 7.86. The number of rotatable bonds is 12. The molecule has 192 valence electrons. The van der Waals surface area contributed by atoms with Crippen molar-refractivity contribution in [3.8, 4) is 0 Å². The minimum absolute atomic E-state index is 0.0542. The van der Waals surface area contributed by atoms with Gasteiger partial charge in [-0.15, -0.1) is 6.58 Å². The molecule has 34 heavy (non-hydrogen) atoms. The van der Waals surface area contributed by atoms with Crippen LogP contribution in [0.5, 0.6) is 0 Å². The fourth-order valence-electron chi connectivity index (χ4n) is 3.00. The summed E-state index contributed by atoms with van der Waals surface area (Å²) >= 11 is 0. The summed E-state index contributed by atoms with van der Waals surface area (Å²) in [5.41, 5.74) is 0.718. The van der Waals surface area contributed by atoms with Gasteiger partial charge in [0.15, 0.2) is 0 Å². The normalized spacial score (nSPS) is 10.9. The minimum atomic E-state index is -4.08. The van der Waals surface area contributed by atoms with Gasteiger partial charge < -0.3 is 0 Å². The lowest BCUT2D eigenvalue weighted by atomic mass is 10.1. The molecule has 0 unspecified atom stereocenters. The molecule has 0 fully saturated rings. The lowest BCUT2D eigenvalue weighted by molar-refractivity contribution is 0.480. The molecule has 0 aliphatic rings. The summed E-state index contributed by atoms with van der Waals surface area (Å²) in [7, 11) is -8.09. The van der Waals surface area contributed by atoms with Crippen LogP contribution >= 0.6 is 0 Å². The van der Waals surface area contributed by atoms with E-state index in [2.05, 4.69) is 20.4 Å². The van der Waals surface area contributed by atoms with E-state index < -0.39 is 20.2 Å². The number of hydrogen-bond donors (Lipinski definition) is 2. The molecule has 0 aliphatic carbocycles. The molecule has 0 saturated heterocycles. The van der Waals surface area contributed by atoms with Gasteiger partial charge in [-0.25, -0.2) is 0 Å². The van der Waals surface area contributed by atoms with E-state index in [9.17, 15) is 16.8 Å². The van der Waals surface area contributed by atoms with Gasteiger partial charge in [-0.1, -0.05) is 101 Å². The number of aryl methyl sites for hydroxylation is 1. The van der Waals surface area contributed by atoms with Gasteiger partial charge in [0.1, 0.15) is 0 Å². The molecule has 2 aromatic rings. The summed E-state index contributed by atoms with van der Waals surface area (Å²) in [6.45, 7) is 7.97. The fraction of sp³-hybridized carbons (Fsp3) is 0.462. The average Bonchev–Trinajstić information content (AvgIpc) is 2.80. The smallest absolute Gasteiger partial charge is 0.282 e. The molecule has 0 bridgehead atoms. The van der Waals surface area contributed by atoms with Gasteiger partial charge >= 0.3 is 0 Å². The van der Waals surface area contributed by atoms with Crippen LogP contribution in [0.25, 0.3) is 0 Å². The van der Waals surface area contributed by atoms with Crippen LogP contribution in [-0.4, -0.2) is 25.9 Å². The largest absolute Gasteiger partial charge is 0.294 e. The Balaban J connectivity index is 0.000000568. The Kier molecular flexibility index (Phi) is 17.3. The zero-order valence-corrected chi connectivity index (χ0v) is 22.0. The Morgan fingerprint density at radius 1 is 0.706 bits per heavy atom. The van der Waals surface area contributed by atoms with Gasteiger partial charge in [0, 0.05) is 0 Å². The van der Waals surface area contributed by atoms with Crippen molar-refractivity contribution in [2.24, 2.45) is 0 Å². The first kappa shape index (κ1) is 32.0. The molecule has 8 heteroatoms. The third-order valence-corrected chi connectivity index (χ3v) is 6.68. The highest BCUT2D eigenvalue weighted by atomic mass is 32.2. The van der Waals surface area contributed by atoms with Crippen molar-refractivity contribution >= 4 is 20.2 Å². The summed E-state index contributed by atoms with van der Waals surface area (Å²) in [4.78, 5) is -0.0199. The molecule has 0 aromatic heterocycles. The third kappa shape index (κ3) is 15.8. The van der Waals surface area contributed by atoms with Crippen LogP contribution in [0.3, 0.4) is 0 Å². The van der Waals surface area contributed by atoms with Crippen LogP contribution in [-0.2, 0) is 26.7 Å². The Morgan fingerprint density at radius 2 is 1.24 bits per heavy atom. The summed E-state index contributed by atoms with van der Waals surface area (Å²) < 4.78 is 60.7. The summed E-state index contributed by atoms with van der Waals surface area (Å²) in [6, 6.07) is 14.1. The molecule has 0 atom stereocenters. The maximum Gasteiger partial charge on any atom is 0.294 e. The highest BCUT2D eigenvalue weighted by Gasteiger charge is 2.13. The quantitative estimate of drug-likeness (QED) is 0.178. The van der Waals surface area contributed by atoms with Crippen LogP contribution in [0.1, 0.15) is 77.2 Å². The van der Waals surface area contributed by atoms with E-state index in [1.807, 2.05) is 6.08 Å². The van der Waals surface area contributed by atoms with Gasteiger partial charge in [0.05, 0.1) is 9.79 Å². The fourth-order valence-corrected chi connectivity index (χ4v) is 4.25. The van der Waals surface area contributed by atoms with Crippen molar-refractivity contribution in [2.75, 3.05) is 0 Å². The number of allylic oxidation sites excluding steroid dienone is 1. The molecule has 0 radical (unpaired) electrons. The molecule has 2 N–H and O–H groups in total. The first-order valence-electron chi connectivity index (χ1n) is 11.8. The van der Waals surface area contributed by atoms with Gasteiger partial charge in [0.25, 0.3) is 20.2 Å². The van der Waals surface area contributed by atoms with Gasteiger partial charge in [-0.3, -0.25) is 9.11 Å². The van der Waals surface area contributed by atoms with E-state index >= 15 is 0 Å². The first-order valence-corrected chi connectivity index (χ1v) is 14.6. The standard InChI is InChI=1S/C14H22O3S.C6H6O3S.C6H12/c1-2-3-4-5-6-7-10-13-11-8-9-12-14(13)18(15,16)17;7-10(8,9)6-4-2-1-3-5-6;1-3-5-6-4-2/h8-9,11-12H,2-7,10H2,1H3,(H,15,16,17);1-5H,(H,7,8,9);3H,1,4-6H2,2H3. The van der Waals surface area contributed by atoms with Crippen molar-refractivity contribution in [1.29, 1.82) is 0 Å². The Labute approximate surface area is 206 Å². The Morgan fingerprint density at radius 3 is 1.71 bits per heavy atom. The molecule has 0 amide bonds. The van der Waals surface area contributed by atoms with E-state index in [-0.39, 0.29) is 9.79 Å². The summed E-state index contributed by atoms with van der Waals surface area (Å²) in [6.07, 6.45) is 13.4. The highest BCUT2D eigenvalue weighted by Crippen LogP contribution is 2.18. The zero-order chi connectivity index (χ0) is 25.9. The predicted octanol–water partition coefficient (Wildman–Crippen LogP) is 7.13. The molecule has 0 aliphatic heterocycles. The van der Waals surface area contributed by atoms with Crippen molar-refractivity contribution in [2.45, 2.75) is 87.8 Å². The second-order valence-electron chi connectivity index (χ2n) is 7.82. The monoisotopic (exact) mass is 512 g/mol. The number of benzene rings is 2. The van der Waals surface area contributed by atoms with Crippen LogP contribution in [0, 0.1) is 0 Å². The molecule has 2 rings (SSSR count). The van der Waals surface area contributed by atoms with Crippen LogP contribution in [0.15, 0.2) is 77.0 Å². The maximum atomic E-state index is 11.2. The van der Waals surface area contributed by atoms with Crippen molar-refractivity contribution in [1.82, 2.24) is 0 Å².